The summed E-state index contributed by atoms with van der Waals surface area (Å²) in [6.07, 6.45) is 5.75. The van der Waals surface area contributed by atoms with Crippen LogP contribution in [-0.2, 0) is 7.05 Å². The van der Waals surface area contributed by atoms with E-state index in [2.05, 4.69) is 15.7 Å². The number of anilines is 1. The van der Waals surface area contributed by atoms with E-state index in [0.717, 1.165) is 18.3 Å². The number of nitrogens with one attached hydrogen (secondary N) is 2. The molecule has 0 unspecified atom stereocenters. The van der Waals surface area contributed by atoms with E-state index in [9.17, 15) is 0 Å². The van der Waals surface area contributed by atoms with Gasteiger partial charge in [-0.3, -0.25) is 4.68 Å². The summed E-state index contributed by atoms with van der Waals surface area (Å²) in [5, 5.41) is 10.9. The summed E-state index contributed by atoms with van der Waals surface area (Å²) in [5.41, 5.74) is 0. The maximum Gasteiger partial charge on any atom is 0.123 e. The first-order chi connectivity index (χ1) is 7.36. The highest BCUT2D eigenvalue weighted by atomic mass is 15.3. The minimum atomic E-state index is 0.895. The molecule has 0 saturated carbocycles. The SMILES string of the molecule is Cn1nccc1NCCC1CCNCC1. The molecule has 2 rings (SSSR count). The van der Waals surface area contributed by atoms with Crippen molar-refractivity contribution in [2.75, 3.05) is 25.0 Å². The number of nitrogens with zero attached hydrogens (tertiary/aromatic N) is 2. The van der Waals surface area contributed by atoms with Crippen LogP contribution < -0.4 is 10.6 Å². The fourth-order valence-corrected chi connectivity index (χ4v) is 2.12. The monoisotopic (exact) mass is 208 g/mol. The number of piperidine rings is 1. The van der Waals surface area contributed by atoms with Crippen molar-refractivity contribution in [1.29, 1.82) is 0 Å². The second kappa shape index (κ2) is 5.16. The zero-order valence-corrected chi connectivity index (χ0v) is 9.37. The number of aromatic nitrogens is 2. The molecule has 84 valence electrons. The third kappa shape index (κ3) is 2.96. The topological polar surface area (TPSA) is 41.9 Å². The second-order valence-electron chi connectivity index (χ2n) is 4.25. The summed E-state index contributed by atoms with van der Waals surface area (Å²) in [5.74, 6) is 2.01. The van der Waals surface area contributed by atoms with Crippen molar-refractivity contribution in [2.24, 2.45) is 13.0 Å². The zero-order valence-electron chi connectivity index (χ0n) is 9.37. The van der Waals surface area contributed by atoms with Crippen molar-refractivity contribution in [3.05, 3.63) is 12.3 Å². The Morgan fingerprint density at radius 1 is 1.53 bits per heavy atom. The van der Waals surface area contributed by atoms with E-state index in [0.29, 0.717) is 0 Å². The van der Waals surface area contributed by atoms with E-state index in [1.807, 2.05) is 24.0 Å². The van der Waals surface area contributed by atoms with Crippen LogP contribution in [0.4, 0.5) is 5.82 Å². The molecule has 2 N–H and O–H groups in total. The first kappa shape index (κ1) is 10.5. The first-order valence-corrected chi connectivity index (χ1v) is 5.79. The van der Waals surface area contributed by atoms with Crippen molar-refractivity contribution < 1.29 is 0 Å². The maximum absolute atomic E-state index is 4.13. The van der Waals surface area contributed by atoms with E-state index in [4.69, 9.17) is 0 Å². The van der Waals surface area contributed by atoms with Crippen LogP contribution in [0.1, 0.15) is 19.3 Å². The Morgan fingerprint density at radius 2 is 2.33 bits per heavy atom. The average Bonchev–Trinajstić information content (AvgIpc) is 2.66. The van der Waals surface area contributed by atoms with Gasteiger partial charge in [-0.1, -0.05) is 0 Å². The number of aryl methyl sites for hydroxylation is 1. The van der Waals surface area contributed by atoms with E-state index < -0.39 is 0 Å². The van der Waals surface area contributed by atoms with Gasteiger partial charge in [0.15, 0.2) is 0 Å². The Kier molecular flexibility index (Phi) is 3.61. The van der Waals surface area contributed by atoms with E-state index in [1.165, 1.54) is 32.4 Å². The van der Waals surface area contributed by atoms with Crippen LogP contribution in [0, 0.1) is 5.92 Å². The van der Waals surface area contributed by atoms with Crippen LogP contribution in [0.2, 0.25) is 0 Å². The lowest BCUT2D eigenvalue weighted by atomic mass is 9.95. The minimum absolute atomic E-state index is 0.895. The van der Waals surface area contributed by atoms with Gasteiger partial charge in [-0.2, -0.15) is 5.10 Å². The minimum Gasteiger partial charge on any atom is -0.370 e. The molecule has 0 amide bonds. The third-order valence-electron chi connectivity index (χ3n) is 3.14. The summed E-state index contributed by atoms with van der Waals surface area (Å²) >= 11 is 0. The molecule has 1 aliphatic heterocycles. The molecular weight excluding hydrogens is 188 g/mol. The van der Waals surface area contributed by atoms with Gasteiger partial charge in [-0.05, 0) is 38.3 Å². The Hall–Kier alpha value is -1.03. The highest BCUT2D eigenvalue weighted by Crippen LogP contribution is 2.15. The molecule has 0 spiro atoms. The molecule has 1 saturated heterocycles. The van der Waals surface area contributed by atoms with Gasteiger partial charge in [0.25, 0.3) is 0 Å². The van der Waals surface area contributed by atoms with E-state index in [1.54, 1.807) is 0 Å². The summed E-state index contributed by atoms with van der Waals surface area (Å²) in [7, 11) is 1.97. The molecule has 4 nitrogen and oxygen atoms in total. The van der Waals surface area contributed by atoms with Crippen LogP contribution >= 0.6 is 0 Å². The van der Waals surface area contributed by atoms with Gasteiger partial charge in [0.2, 0.25) is 0 Å². The molecule has 2 heterocycles. The van der Waals surface area contributed by atoms with Crippen LogP contribution in [-0.4, -0.2) is 29.4 Å². The van der Waals surface area contributed by atoms with Gasteiger partial charge in [-0.15, -0.1) is 0 Å². The number of hydrogen-bond acceptors (Lipinski definition) is 3. The standard InChI is InChI=1S/C11H20N4/c1-15-11(5-9-14-15)13-8-4-10-2-6-12-7-3-10/h5,9-10,12-13H,2-4,6-8H2,1H3. The molecule has 0 aromatic carbocycles. The Morgan fingerprint density at radius 3 is 3.00 bits per heavy atom. The predicted octanol–water partition coefficient (Wildman–Crippen LogP) is 1.22. The van der Waals surface area contributed by atoms with Gasteiger partial charge < -0.3 is 10.6 Å². The first-order valence-electron chi connectivity index (χ1n) is 5.79. The Labute approximate surface area is 91.1 Å². The van der Waals surface area contributed by atoms with Crippen LogP contribution in [0.15, 0.2) is 12.3 Å². The van der Waals surface area contributed by atoms with E-state index >= 15 is 0 Å². The number of hydrogen-bond donors (Lipinski definition) is 2. The second-order valence-corrected chi connectivity index (χ2v) is 4.25. The molecule has 0 atom stereocenters. The van der Waals surface area contributed by atoms with Crippen molar-refractivity contribution in [3.8, 4) is 0 Å². The quantitative estimate of drug-likeness (QED) is 0.782. The van der Waals surface area contributed by atoms with Crippen molar-refractivity contribution in [1.82, 2.24) is 15.1 Å². The zero-order chi connectivity index (χ0) is 10.5. The van der Waals surface area contributed by atoms with Crippen LogP contribution in [0.3, 0.4) is 0 Å². The van der Waals surface area contributed by atoms with E-state index in [-0.39, 0.29) is 0 Å². The maximum atomic E-state index is 4.13. The van der Waals surface area contributed by atoms with Crippen molar-refractivity contribution in [3.63, 3.8) is 0 Å². The smallest absolute Gasteiger partial charge is 0.123 e. The molecule has 0 bridgehead atoms. The largest absolute Gasteiger partial charge is 0.370 e. The molecule has 1 aromatic rings. The van der Waals surface area contributed by atoms with Gasteiger partial charge in [0.1, 0.15) is 5.82 Å². The highest BCUT2D eigenvalue weighted by molar-refractivity contribution is 5.33. The van der Waals surface area contributed by atoms with Crippen LogP contribution in [0.5, 0.6) is 0 Å². The molecule has 4 heteroatoms. The predicted molar refractivity (Wildman–Crippen MR) is 61.9 cm³/mol. The summed E-state index contributed by atoms with van der Waals surface area (Å²) in [4.78, 5) is 0. The molecule has 1 aliphatic rings. The van der Waals surface area contributed by atoms with Crippen molar-refractivity contribution in [2.45, 2.75) is 19.3 Å². The van der Waals surface area contributed by atoms with Gasteiger partial charge in [0.05, 0.1) is 6.20 Å². The summed E-state index contributed by atoms with van der Waals surface area (Å²) < 4.78 is 1.88. The van der Waals surface area contributed by atoms with Gasteiger partial charge >= 0.3 is 0 Å². The Bertz CT molecular complexity index is 289. The molecular formula is C11H20N4. The third-order valence-corrected chi connectivity index (χ3v) is 3.14. The average molecular weight is 208 g/mol. The molecule has 0 radical (unpaired) electrons. The van der Waals surface area contributed by atoms with Gasteiger partial charge in [-0.25, -0.2) is 0 Å². The fraction of sp³-hybridized carbons (Fsp3) is 0.727. The fourth-order valence-electron chi connectivity index (χ4n) is 2.12. The number of rotatable bonds is 4. The van der Waals surface area contributed by atoms with Crippen LogP contribution in [0.25, 0.3) is 0 Å². The molecule has 1 fully saturated rings. The lowest BCUT2D eigenvalue weighted by Gasteiger charge is -2.22. The highest BCUT2D eigenvalue weighted by Gasteiger charge is 2.12. The normalized spacial score (nSPS) is 17.9. The molecule has 15 heavy (non-hydrogen) atoms. The molecule has 0 aliphatic carbocycles. The Balaban J connectivity index is 1.68. The lowest BCUT2D eigenvalue weighted by molar-refractivity contribution is 0.361. The lowest BCUT2D eigenvalue weighted by Crippen LogP contribution is -2.28. The summed E-state index contributed by atoms with van der Waals surface area (Å²) in [6.45, 7) is 3.44. The van der Waals surface area contributed by atoms with Crippen molar-refractivity contribution >= 4 is 5.82 Å². The van der Waals surface area contributed by atoms with Gasteiger partial charge in [0, 0.05) is 19.7 Å². The molecule has 1 aromatic heterocycles. The summed E-state index contributed by atoms with van der Waals surface area (Å²) in [6, 6.07) is 2.02.